The predicted molar refractivity (Wildman–Crippen MR) is 88.2 cm³/mol. The highest BCUT2D eigenvalue weighted by Crippen LogP contribution is 2.24. The number of fused-ring (bicyclic) bond motifs is 1. The van der Waals surface area contributed by atoms with E-state index in [9.17, 15) is 4.79 Å². The number of hydrogen-bond donors (Lipinski definition) is 0. The van der Waals surface area contributed by atoms with Crippen LogP contribution >= 0.6 is 11.6 Å². The number of halogens is 1. The number of furan rings is 1. The number of amides is 1. The van der Waals surface area contributed by atoms with Crippen LogP contribution in [0, 0.1) is 11.3 Å². The zero-order chi connectivity index (χ0) is 16.4. The quantitative estimate of drug-likeness (QED) is 0.724. The van der Waals surface area contributed by atoms with Gasteiger partial charge in [0.1, 0.15) is 5.58 Å². The Kier molecular flexibility index (Phi) is 4.05. The fraction of sp³-hybridized carbons (Fsp3) is 0.111. The van der Waals surface area contributed by atoms with Crippen molar-refractivity contribution in [3.63, 3.8) is 0 Å². The average molecular weight is 325 g/mol. The Morgan fingerprint density at radius 3 is 2.65 bits per heavy atom. The Morgan fingerprint density at radius 2 is 1.96 bits per heavy atom. The molecule has 23 heavy (non-hydrogen) atoms. The zero-order valence-corrected chi connectivity index (χ0v) is 13.2. The molecule has 0 saturated carbocycles. The van der Waals surface area contributed by atoms with E-state index in [-0.39, 0.29) is 11.7 Å². The predicted octanol–water partition coefficient (Wildman–Crippen LogP) is 4.23. The molecule has 0 N–H and O–H groups in total. The molecule has 0 aliphatic carbocycles. The molecule has 0 unspecified atom stereocenters. The lowest BCUT2D eigenvalue weighted by atomic mass is 10.1. The maximum absolute atomic E-state index is 12.5. The third-order valence-corrected chi connectivity index (χ3v) is 3.77. The van der Waals surface area contributed by atoms with E-state index in [0.717, 1.165) is 10.9 Å². The fourth-order valence-corrected chi connectivity index (χ4v) is 2.52. The van der Waals surface area contributed by atoms with Crippen molar-refractivity contribution < 1.29 is 9.21 Å². The van der Waals surface area contributed by atoms with Gasteiger partial charge in [-0.15, -0.1) is 0 Å². The van der Waals surface area contributed by atoms with Gasteiger partial charge in [0.05, 0.1) is 11.6 Å². The van der Waals surface area contributed by atoms with Crippen molar-refractivity contribution in [2.45, 2.75) is 6.54 Å². The molecule has 3 aromatic rings. The van der Waals surface area contributed by atoms with Gasteiger partial charge in [-0.05, 0) is 42.0 Å². The molecule has 0 aliphatic rings. The number of rotatable bonds is 3. The number of nitrogens with zero attached hydrogens (tertiary/aromatic N) is 2. The van der Waals surface area contributed by atoms with Gasteiger partial charge in [0.15, 0.2) is 5.76 Å². The van der Waals surface area contributed by atoms with Crippen molar-refractivity contribution in [3.05, 3.63) is 70.4 Å². The summed E-state index contributed by atoms with van der Waals surface area (Å²) in [5.41, 5.74) is 2.17. The lowest BCUT2D eigenvalue weighted by Gasteiger charge is -2.15. The summed E-state index contributed by atoms with van der Waals surface area (Å²) in [4.78, 5) is 14.0. The minimum Gasteiger partial charge on any atom is -0.451 e. The van der Waals surface area contributed by atoms with E-state index in [2.05, 4.69) is 6.07 Å². The van der Waals surface area contributed by atoms with E-state index in [1.165, 1.54) is 0 Å². The molecule has 2 aromatic carbocycles. The Bertz CT molecular complexity index is 907. The summed E-state index contributed by atoms with van der Waals surface area (Å²) in [6.45, 7) is 0.433. The maximum Gasteiger partial charge on any atom is 0.289 e. The highest BCUT2D eigenvalue weighted by Gasteiger charge is 2.17. The molecule has 114 valence electrons. The van der Waals surface area contributed by atoms with Crippen LogP contribution in [0.5, 0.6) is 0 Å². The topological polar surface area (TPSA) is 57.2 Å². The third-order valence-electron chi connectivity index (χ3n) is 3.54. The van der Waals surface area contributed by atoms with Gasteiger partial charge < -0.3 is 9.32 Å². The second kappa shape index (κ2) is 6.15. The lowest BCUT2D eigenvalue weighted by molar-refractivity contribution is 0.0756. The second-order valence-corrected chi connectivity index (χ2v) is 5.70. The second-order valence-electron chi connectivity index (χ2n) is 5.26. The highest BCUT2D eigenvalue weighted by molar-refractivity contribution is 6.31. The molecule has 0 radical (unpaired) electrons. The average Bonchev–Trinajstić information content (AvgIpc) is 2.97. The molecule has 1 aromatic heterocycles. The van der Waals surface area contributed by atoms with Crippen molar-refractivity contribution in [2.24, 2.45) is 0 Å². The first kappa shape index (κ1) is 15.1. The van der Waals surface area contributed by atoms with Crippen LogP contribution in [0.15, 0.2) is 52.9 Å². The van der Waals surface area contributed by atoms with Gasteiger partial charge in [-0.1, -0.05) is 23.7 Å². The maximum atomic E-state index is 12.5. The van der Waals surface area contributed by atoms with Gasteiger partial charge in [0.25, 0.3) is 5.91 Å². The van der Waals surface area contributed by atoms with Crippen LogP contribution in [-0.4, -0.2) is 17.9 Å². The van der Waals surface area contributed by atoms with E-state index in [1.807, 2.05) is 12.1 Å². The highest BCUT2D eigenvalue weighted by atomic mass is 35.5. The standard InChI is InChI=1S/C18H13ClN2O2/c1-21(11-13-4-2-12(10-20)3-5-13)18(22)17-9-14-8-15(19)6-7-16(14)23-17/h2-9H,11H2,1H3. The molecule has 5 heteroatoms. The van der Waals surface area contributed by atoms with Gasteiger partial charge in [-0.25, -0.2) is 0 Å². The van der Waals surface area contributed by atoms with Crippen molar-refractivity contribution >= 4 is 28.5 Å². The zero-order valence-electron chi connectivity index (χ0n) is 12.4. The molecule has 1 heterocycles. The Labute approximate surface area is 138 Å². The van der Waals surface area contributed by atoms with Crippen molar-refractivity contribution in [1.82, 2.24) is 4.90 Å². The van der Waals surface area contributed by atoms with Crippen LogP contribution in [-0.2, 0) is 6.54 Å². The Morgan fingerprint density at radius 1 is 1.22 bits per heavy atom. The monoisotopic (exact) mass is 324 g/mol. The number of hydrogen-bond acceptors (Lipinski definition) is 3. The molecule has 4 nitrogen and oxygen atoms in total. The van der Waals surface area contributed by atoms with Crippen LogP contribution in [0.1, 0.15) is 21.7 Å². The van der Waals surface area contributed by atoms with Gasteiger partial charge in [0, 0.05) is 24.0 Å². The van der Waals surface area contributed by atoms with Crippen LogP contribution < -0.4 is 0 Å². The third kappa shape index (κ3) is 3.20. The summed E-state index contributed by atoms with van der Waals surface area (Å²) < 4.78 is 5.59. The summed E-state index contributed by atoms with van der Waals surface area (Å²) >= 11 is 5.94. The van der Waals surface area contributed by atoms with Crippen LogP contribution in [0.3, 0.4) is 0 Å². The molecule has 0 aliphatic heterocycles. The number of nitriles is 1. The van der Waals surface area contributed by atoms with E-state index < -0.39 is 0 Å². The summed E-state index contributed by atoms with van der Waals surface area (Å²) in [7, 11) is 1.71. The van der Waals surface area contributed by atoms with E-state index in [0.29, 0.717) is 22.7 Å². The lowest BCUT2D eigenvalue weighted by Crippen LogP contribution is -2.25. The van der Waals surface area contributed by atoms with Gasteiger partial charge in [-0.2, -0.15) is 5.26 Å². The molecular weight excluding hydrogens is 312 g/mol. The molecule has 1 amide bonds. The molecule has 0 atom stereocenters. The van der Waals surface area contributed by atoms with E-state index in [1.54, 1.807) is 48.3 Å². The summed E-state index contributed by atoms with van der Waals surface area (Å²) in [5.74, 6) is 0.0695. The van der Waals surface area contributed by atoms with Crippen molar-refractivity contribution in [1.29, 1.82) is 5.26 Å². The van der Waals surface area contributed by atoms with E-state index >= 15 is 0 Å². The van der Waals surface area contributed by atoms with Crippen molar-refractivity contribution in [3.8, 4) is 6.07 Å². The number of benzene rings is 2. The van der Waals surface area contributed by atoms with E-state index in [4.69, 9.17) is 21.3 Å². The Hall–Kier alpha value is -2.77. The molecule has 0 spiro atoms. The van der Waals surface area contributed by atoms with Crippen LogP contribution in [0.4, 0.5) is 0 Å². The van der Waals surface area contributed by atoms with Gasteiger partial charge in [0.2, 0.25) is 0 Å². The molecule has 3 rings (SSSR count). The first-order valence-corrected chi connectivity index (χ1v) is 7.38. The number of carbonyl (C=O) groups is 1. The van der Waals surface area contributed by atoms with Gasteiger partial charge >= 0.3 is 0 Å². The first-order valence-electron chi connectivity index (χ1n) is 7.00. The minimum absolute atomic E-state index is 0.207. The summed E-state index contributed by atoms with van der Waals surface area (Å²) in [6, 6.07) is 16.1. The van der Waals surface area contributed by atoms with Crippen LogP contribution in [0.25, 0.3) is 11.0 Å². The summed E-state index contributed by atoms with van der Waals surface area (Å²) in [5, 5.41) is 10.2. The SMILES string of the molecule is CN(Cc1ccc(C#N)cc1)C(=O)c1cc2cc(Cl)ccc2o1. The Balaban J connectivity index is 1.78. The van der Waals surface area contributed by atoms with Crippen molar-refractivity contribution in [2.75, 3.05) is 7.05 Å². The smallest absolute Gasteiger partial charge is 0.289 e. The minimum atomic E-state index is -0.207. The largest absolute Gasteiger partial charge is 0.451 e. The van der Waals surface area contributed by atoms with Gasteiger partial charge in [-0.3, -0.25) is 4.79 Å². The molecule has 0 bridgehead atoms. The molecular formula is C18H13ClN2O2. The first-order chi connectivity index (χ1) is 11.1. The fourth-order valence-electron chi connectivity index (χ4n) is 2.34. The van der Waals surface area contributed by atoms with Crippen LogP contribution in [0.2, 0.25) is 5.02 Å². The molecule has 0 saturated heterocycles. The number of carbonyl (C=O) groups excluding carboxylic acids is 1. The summed E-state index contributed by atoms with van der Waals surface area (Å²) in [6.07, 6.45) is 0. The normalized spacial score (nSPS) is 10.5. The molecule has 0 fully saturated rings.